The summed E-state index contributed by atoms with van der Waals surface area (Å²) >= 11 is 0. The van der Waals surface area contributed by atoms with E-state index in [0.717, 1.165) is 0 Å². The van der Waals surface area contributed by atoms with Crippen molar-refractivity contribution in [2.24, 2.45) is 5.41 Å². The molecule has 1 unspecified atom stereocenters. The normalized spacial score (nSPS) is 13.7. The number of hydrogen-bond acceptors (Lipinski definition) is 3. The highest BCUT2D eigenvalue weighted by molar-refractivity contribution is 7.89. The Labute approximate surface area is 126 Å². The second-order valence-corrected chi connectivity index (χ2v) is 7.93. The summed E-state index contributed by atoms with van der Waals surface area (Å²) < 4.78 is 40.2. The topological polar surface area (TPSA) is 70.0 Å². The Kier molecular flexibility index (Phi) is 5.87. The number of hydrogen-bond donors (Lipinski definition) is 1. The van der Waals surface area contributed by atoms with Gasteiger partial charge in [0, 0.05) is 6.42 Å². The minimum absolute atomic E-state index is 0.109. The molecule has 1 rings (SSSR count). The molecule has 0 saturated heterocycles. The Balaban J connectivity index is 2.98. The van der Waals surface area contributed by atoms with E-state index in [2.05, 4.69) is 4.72 Å². The summed E-state index contributed by atoms with van der Waals surface area (Å²) in [5, 5.41) is 8.48. The van der Waals surface area contributed by atoms with Crippen LogP contribution in [0.2, 0.25) is 0 Å². The van der Waals surface area contributed by atoms with Crippen molar-refractivity contribution in [3.8, 4) is 6.07 Å². The zero-order valence-corrected chi connectivity index (χ0v) is 13.4. The van der Waals surface area contributed by atoms with Crippen molar-refractivity contribution in [3.63, 3.8) is 0 Å². The Morgan fingerprint density at radius 1 is 1.38 bits per heavy atom. The third-order valence-corrected chi connectivity index (χ3v) is 4.47. The van der Waals surface area contributed by atoms with Crippen LogP contribution in [0.1, 0.15) is 45.2 Å². The van der Waals surface area contributed by atoms with Gasteiger partial charge in [-0.15, -0.1) is 0 Å². The van der Waals surface area contributed by atoms with E-state index in [1.54, 1.807) is 12.1 Å². The molecule has 4 nitrogen and oxygen atoms in total. The predicted octanol–water partition coefficient (Wildman–Crippen LogP) is 3.14. The number of rotatable bonds is 6. The molecule has 1 aromatic carbocycles. The summed E-state index contributed by atoms with van der Waals surface area (Å²) in [5.74, 6) is -0.506. The lowest BCUT2D eigenvalue weighted by molar-refractivity contribution is 0.303. The van der Waals surface area contributed by atoms with Gasteiger partial charge < -0.3 is 0 Å². The van der Waals surface area contributed by atoms with Gasteiger partial charge in [0.25, 0.3) is 0 Å². The van der Waals surface area contributed by atoms with Gasteiger partial charge in [0.2, 0.25) is 10.0 Å². The van der Waals surface area contributed by atoms with E-state index in [-0.39, 0.29) is 18.6 Å². The van der Waals surface area contributed by atoms with Crippen molar-refractivity contribution in [2.75, 3.05) is 5.75 Å². The summed E-state index contributed by atoms with van der Waals surface area (Å²) in [6, 6.07) is 7.33. The SMILES string of the molecule is CC(C)(C)C(NS(=O)(=O)CCCC#N)c1cccc(F)c1. The molecule has 1 atom stereocenters. The van der Waals surface area contributed by atoms with Crippen LogP contribution in [-0.4, -0.2) is 14.2 Å². The van der Waals surface area contributed by atoms with Crippen molar-refractivity contribution < 1.29 is 12.8 Å². The first-order valence-electron chi connectivity index (χ1n) is 6.78. The molecule has 0 amide bonds. The van der Waals surface area contributed by atoms with E-state index in [1.165, 1.54) is 12.1 Å². The molecule has 0 aliphatic heterocycles. The van der Waals surface area contributed by atoms with Gasteiger partial charge in [0.1, 0.15) is 5.82 Å². The molecule has 6 heteroatoms. The lowest BCUT2D eigenvalue weighted by Crippen LogP contribution is -2.37. The molecule has 0 radical (unpaired) electrons. The van der Waals surface area contributed by atoms with E-state index in [1.807, 2.05) is 26.8 Å². The van der Waals surface area contributed by atoms with Crippen molar-refractivity contribution in [3.05, 3.63) is 35.6 Å². The van der Waals surface area contributed by atoms with Gasteiger partial charge >= 0.3 is 0 Å². The molecule has 0 aliphatic rings. The highest BCUT2D eigenvalue weighted by Gasteiger charge is 2.30. The molecule has 0 fully saturated rings. The number of sulfonamides is 1. The van der Waals surface area contributed by atoms with Crippen molar-refractivity contribution in [1.82, 2.24) is 4.72 Å². The van der Waals surface area contributed by atoms with E-state index in [0.29, 0.717) is 5.56 Å². The van der Waals surface area contributed by atoms with Crippen LogP contribution in [0.25, 0.3) is 0 Å². The molecule has 0 heterocycles. The second kappa shape index (κ2) is 7.01. The zero-order valence-electron chi connectivity index (χ0n) is 12.6. The maximum absolute atomic E-state index is 13.4. The van der Waals surface area contributed by atoms with E-state index < -0.39 is 27.3 Å². The van der Waals surface area contributed by atoms with Crippen molar-refractivity contribution in [1.29, 1.82) is 5.26 Å². The van der Waals surface area contributed by atoms with E-state index in [9.17, 15) is 12.8 Å². The Morgan fingerprint density at radius 2 is 2.05 bits per heavy atom. The third kappa shape index (κ3) is 5.82. The lowest BCUT2D eigenvalue weighted by atomic mass is 9.83. The van der Waals surface area contributed by atoms with Crippen LogP contribution in [-0.2, 0) is 10.0 Å². The van der Waals surface area contributed by atoms with E-state index >= 15 is 0 Å². The Bertz CT molecular complexity index is 615. The molecule has 21 heavy (non-hydrogen) atoms. The highest BCUT2D eigenvalue weighted by Crippen LogP contribution is 2.33. The molecule has 1 N–H and O–H groups in total. The summed E-state index contributed by atoms with van der Waals surface area (Å²) in [4.78, 5) is 0. The number of nitrogens with zero attached hydrogens (tertiary/aromatic N) is 1. The minimum atomic E-state index is -3.52. The monoisotopic (exact) mass is 312 g/mol. The second-order valence-electron chi connectivity index (χ2n) is 6.05. The zero-order chi connectivity index (χ0) is 16.1. The van der Waals surface area contributed by atoms with Crippen LogP contribution >= 0.6 is 0 Å². The van der Waals surface area contributed by atoms with Crippen LogP contribution in [0, 0.1) is 22.6 Å². The third-order valence-electron chi connectivity index (χ3n) is 3.05. The summed E-state index contributed by atoms with van der Waals surface area (Å²) in [7, 11) is -3.52. The first-order chi connectivity index (χ1) is 9.65. The number of halogens is 1. The average molecular weight is 312 g/mol. The minimum Gasteiger partial charge on any atom is -0.212 e. The van der Waals surface area contributed by atoms with E-state index in [4.69, 9.17) is 5.26 Å². The first-order valence-corrected chi connectivity index (χ1v) is 8.43. The molecule has 1 aromatic rings. The molecular formula is C15H21FN2O2S. The highest BCUT2D eigenvalue weighted by atomic mass is 32.2. The Morgan fingerprint density at radius 3 is 2.57 bits per heavy atom. The number of nitrogens with one attached hydrogen (secondary N) is 1. The molecular weight excluding hydrogens is 291 g/mol. The molecule has 116 valence electrons. The number of nitriles is 1. The maximum atomic E-state index is 13.4. The molecule has 0 aliphatic carbocycles. The number of unbranched alkanes of at least 4 members (excludes halogenated alkanes) is 1. The number of benzene rings is 1. The fourth-order valence-electron chi connectivity index (χ4n) is 2.01. The molecule has 0 saturated carbocycles. The largest absolute Gasteiger partial charge is 0.212 e. The molecule has 0 spiro atoms. The van der Waals surface area contributed by atoms with Crippen LogP contribution in [0.3, 0.4) is 0 Å². The van der Waals surface area contributed by atoms with Gasteiger partial charge in [-0.1, -0.05) is 32.9 Å². The smallest absolute Gasteiger partial charge is 0.212 e. The van der Waals surface area contributed by atoms with Gasteiger partial charge in [0.15, 0.2) is 0 Å². The van der Waals surface area contributed by atoms with Gasteiger partial charge in [-0.2, -0.15) is 5.26 Å². The van der Waals surface area contributed by atoms with Gasteiger partial charge in [-0.25, -0.2) is 17.5 Å². The van der Waals surface area contributed by atoms with Gasteiger partial charge in [0.05, 0.1) is 17.9 Å². The van der Waals surface area contributed by atoms with Crippen molar-refractivity contribution in [2.45, 2.75) is 39.7 Å². The van der Waals surface area contributed by atoms with Crippen LogP contribution in [0.15, 0.2) is 24.3 Å². The average Bonchev–Trinajstić information content (AvgIpc) is 2.35. The van der Waals surface area contributed by atoms with Crippen LogP contribution in [0.5, 0.6) is 0 Å². The lowest BCUT2D eigenvalue weighted by Gasteiger charge is -2.31. The standard InChI is InChI=1S/C15H21FN2O2S/c1-15(2,3)14(12-7-6-8-13(16)11-12)18-21(19,20)10-5-4-9-17/h6-8,11,14,18H,4-5,10H2,1-3H3. The molecule has 0 bridgehead atoms. The Hall–Kier alpha value is -1.45. The fourth-order valence-corrected chi connectivity index (χ4v) is 3.50. The van der Waals surface area contributed by atoms with Gasteiger partial charge in [-0.3, -0.25) is 0 Å². The maximum Gasteiger partial charge on any atom is 0.212 e. The summed E-state index contributed by atoms with van der Waals surface area (Å²) in [6.07, 6.45) is 0.479. The van der Waals surface area contributed by atoms with Crippen LogP contribution in [0.4, 0.5) is 4.39 Å². The summed E-state index contributed by atoms with van der Waals surface area (Å²) in [6.45, 7) is 5.67. The van der Waals surface area contributed by atoms with Gasteiger partial charge in [-0.05, 0) is 29.5 Å². The predicted molar refractivity (Wildman–Crippen MR) is 80.4 cm³/mol. The van der Waals surface area contributed by atoms with Crippen LogP contribution < -0.4 is 4.72 Å². The van der Waals surface area contributed by atoms with Crippen molar-refractivity contribution >= 4 is 10.0 Å². The fraction of sp³-hybridized carbons (Fsp3) is 0.533. The summed E-state index contributed by atoms with van der Waals surface area (Å²) in [5.41, 5.74) is 0.183. The quantitative estimate of drug-likeness (QED) is 0.820. The molecule has 0 aromatic heterocycles. The first kappa shape index (κ1) is 17.6.